The number of nitrogens with one attached hydrogen (secondary N) is 1. The highest BCUT2D eigenvalue weighted by Crippen LogP contribution is 2.19. The third-order valence-corrected chi connectivity index (χ3v) is 3.74. The van der Waals surface area contributed by atoms with Gasteiger partial charge in [-0.15, -0.1) is 0 Å². The first kappa shape index (κ1) is 18.5. The maximum absolute atomic E-state index is 12.1. The molecule has 140 valence electrons. The summed E-state index contributed by atoms with van der Waals surface area (Å²) < 4.78 is 12.6. The van der Waals surface area contributed by atoms with E-state index in [0.717, 1.165) is 0 Å². The predicted molar refractivity (Wildman–Crippen MR) is 95.7 cm³/mol. The summed E-state index contributed by atoms with van der Waals surface area (Å²) in [5, 5.41) is 17.9. The molecule has 3 rings (SSSR count). The molecule has 2 heterocycles. The molecule has 0 bridgehead atoms. The van der Waals surface area contributed by atoms with Crippen LogP contribution >= 0.6 is 11.6 Å². The molecule has 1 amide bonds. The Morgan fingerprint density at radius 1 is 1.30 bits per heavy atom. The van der Waals surface area contributed by atoms with Crippen LogP contribution in [0.15, 0.2) is 53.2 Å². The molecule has 3 aromatic rings. The first-order chi connectivity index (χ1) is 13.0. The van der Waals surface area contributed by atoms with Gasteiger partial charge in [0.2, 0.25) is 0 Å². The minimum atomic E-state index is -0.484. The van der Waals surface area contributed by atoms with Crippen molar-refractivity contribution in [1.82, 2.24) is 15.1 Å². The molecule has 0 aliphatic carbocycles. The molecular weight excluding hydrogens is 376 g/mol. The molecule has 0 aliphatic rings. The van der Waals surface area contributed by atoms with Crippen molar-refractivity contribution in [2.75, 3.05) is 6.54 Å². The van der Waals surface area contributed by atoms with Crippen molar-refractivity contribution in [3.63, 3.8) is 0 Å². The van der Waals surface area contributed by atoms with Crippen LogP contribution in [0.4, 0.5) is 5.69 Å². The molecule has 0 fully saturated rings. The number of carbonyl (C=O) groups is 1. The van der Waals surface area contributed by atoms with E-state index in [4.69, 9.17) is 20.8 Å². The monoisotopic (exact) mass is 390 g/mol. The number of benzene rings is 1. The summed E-state index contributed by atoms with van der Waals surface area (Å²) in [7, 11) is 0. The van der Waals surface area contributed by atoms with E-state index in [1.165, 1.54) is 30.5 Å². The molecular formula is C17H15ClN4O5. The van der Waals surface area contributed by atoms with Gasteiger partial charge in [0.15, 0.2) is 5.76 Å². The molecule has 0 saturated carbocycles. The third-order valence-electron chi connectivity index (χ3n) is 3.54. The van der Waals surface area contributed by atoms with Gasteiger partial charge in [0.1, 0.15) is 18.1 Å². The number of non-ortho nitro benzene ring substituents is 1. The molecule has 2 aromatic heterocycles. The Hall–Kier alpha value is -3.33. The summed E-state index contributed by atoms with van der Waals surface area (Å²) >= 11 is 5.77. The molecule has 0 atom stereocenters. The number of nitrogens with zero attached hydrogens (tertiary/aromatic N) is 3. The molecule has 0 aliphatic heterocycles. The van der Waals surface area contributed by atoms with Gasteiger partial charge in [-0.25, -0.2) is 0 Å². The number of amides is 1. The van der Waals surface area contributed by atoms with Gasteiger partial charge in [-0.3, -0.25) is 19.6 Å². The second kappa shape index (κ2) is 8.37. The second-order valence-corrected chi connectivity index (χ2v) is 5.92. The molecule has 0 radical (unpaired) electrons. The SMILES string of the molecule is O=C(NCCn1cc(Cl)cn1)c1ccc(COc2ccc([N+](=O)[O-])cc2)o1. The summed E-state index contributed by atoms with van der Waals surface area (Å²) in [6, 6.07) is 8.88. The zero-order chi connectivity index (χ0) is 19.2. The fraction of sp³-hybridized carbons (Fsp3) is 0.176. The highest BCUT2D eigenvalue weighted by atomic mass is 35.5. The van der Waals surface area contributed by atoms with Gasteiger partial charge in [-0.1, -0.05) is 11.6 Å². The van der Waals surface area contributed by atoms with Crippen LogP contribution in [0.3, 0.4) is 0 Å². The summed E-state index contributed by atoms with van der Waals surface area (Å²) in [5.74, 6) is 0.726. The normalized spacial score (nSPS) is 10.6. The molecule has 1 aromatic carbocycles. The third kappa shape index (κ3) is 5.08. The van der Waals surface area contributed by atoms with Crippen molar-refractivity contribution >= 4 is 23.2 Å². The Bertz CT molecular complexity index is 935. The van der Waals surface area contributed by atoms with E-state index < -0.39 is 4.92 Å². The lowest BCUT2D eigenvalue weighted by atomic mass is 10.3. The smallest absolute Gasteiger partial charge is 0.287 e. The summed E-state index contributed by atoms with van der Waals surface area (Å²) in [6.07, 6.45) is 3.18. The average Bonchev–Trinajstić information content (AvgIpc) is 3.29. The minimum Gasteiger partial charge on any atom is -0.486 e. The molecule has 27 heavy (non-hydrogen) atoms. The highest BCUT2D eigenvalue weighted by molar-refractivity contribution is 6.30. The Labute approximate surface area is 158 Å². The van der Waals surface area contributed by atoms with Crippen LogP contribution in [0.2, 0.25) is 5.02 Å². The maximum atomic E-state index is 12.1. The highest BCUT2D eigenvalue weighted by Gasteiger charge is 2.11. The number of nitro groups is 1. The van der Waals surface area contributed by atoms with Crippen LogP contribution < -0.4 is 10.1 Å². The zero-order valence-electron chi connectivity index (χ0n) is 14.0. The number of furan rings is 1. The van der Waals surface area contributed by atoms with E-state index in [2.05, 4.69) is 10.4 Å². The van der Waals surface area contributed by atoms with Gasteiger partial charge in [-0.2, -0.15) is 5.10 Å². The van der Waals surface area contributed by atoms with Crippen LogP contribution in [0, 0.1) is 10.1 Å². The standard InChI is InChI=1S/C17H15ClN4O5/c18-12-9-20-21(10-12)8-7-19-17(23)16-6-5-15(27-16)11-26-14-3-1-13(2-4-14)22(24)25/h1-6,9-10H,7-8,11H2,(H,19,23). The minimum absolute atomic E-state index is 0.0170. The van der Waals surface area contributed by atoms with Gasteiger partial charge in [0, 0.05) is 24.9 Å². The van der Waals surface area contributed by atoms with Crippen LogP contribution in [0.1, 0.15) is 16.3 Å². The lowest BCUT2D eigenvalue weighted by Gasteiger charge is -2.04. The van der Waals surface area contributed by atoms with Gasteiger partial charge in [0.05, 0.1) is 22.7 Å². The fourth-order valence-electron chi connectivity index (χ4n) is 2.23. The maximum Gasteiger partial charge on any atom is 0.287 e. The predicted octanol–water partition coefficient (Wildman–Crippen LogP) is 3.05. The van der Waals surface area contributed by atoms with Crippen LogP contribution in [-0.4, -0.2) is 27.2 Å². The number of rotatable bonds is 8. The van der Waals surface area contributed by atoms with Crippen molar-refractivity contribution in [3.8, 4) is 5.75 Å². The van der Waals surface area contributed by atoms with E-state index in [-0.39, 0.29) is 24.0 Å². The number of halogens is 1. The number of hydrogen-bond donors (Lipinski definition) is 1. The molecule has 0 saturated heterocycles. The van der Waals surface area contributed by atoms with Crippen molar-refractivity contribution in [2.45, 2.75) is 13.2 Å². The Morgan fingerprint density at radius 3 is 2.74 bits per heavy atom. The van der Waals surface area contributed by atoms with Gasteiger partial charge >= 0.3 is 0 Å². The molecule has 9 nitrogen and oxygen atoms in total. The van der Waals surface area contributed by atoms with E-state index in [9.17, 15) is 14.9 Å². The van der Waals surface area contributed by atoms with Crippen LogP contribution in [0.5, 0.6) is 5.75 Å². The number of carbonyl (C=O) groups excluding carboxylic acids is 1. The lowest BCUT2D eigenvalue weighted by molar-refractivity contribution is -0.384. The van der Waals surface area contributed by atoms with Crippen molar-refractivity contribution in [3.05, 3.63) is 75.4 Å². The average molecular weight is 391 g/mol. The van der Waals surface area contributed by atoms with E-state index >= 15 is 0 Å². The first-order valence-corrected chi connectivity index (χ1v) is 8.31. The Kier molecular flexibility index (Phi) is 5.72. The number of aromatic nitrogens is 2. The Balaban J connectivity index is 1.47. The van der Waals surface area contributed by atoms with E-state index in [0.29, 0.717) is 29.6 Å². The van der Waals surface area contributed by atoms with Crippen LogP contribution in [0.25, 0.3) is 0 Å². The topological polar surface area (TPSA) is 112 Å². The van der Waals surface area contributed by atoms with E-state index in [1.807, 2.05) is 0 Å². The van der Waals surface area contributed by atoms with Crippen molar-refractivity contribution in [2.24, 2.45) is 0 Å². The largest absolute Gasteiger partial charge is 0.486 e. The van der Waals surface area contributed by atoms with Crippen LogP contribution in [-0.2, 0) is 13.2 Å². The molecule has 1 N–H and O–H groups in total. The number of nitro benzene ring substituents is 1. The quantitative estimate of drug-likeness (QED) is 0.467. The molecule has 0 spiro atoms. The second-order valence-electron chi connectivity index (χ2n) is 5.48. The summed E-state index contributed by atoms with van der Waals surface area (Å²) in [6.45, 7) is 0.943. The van der Waals surface area contributed by atoms with Gasteiger partial charge in [-0.05, 0) is 24.3 Å². The molecule has 10 heteroatoms. The van der Waals surface area contributed by atoms with Gasteiger partial charge in [0.25, 0.3) is 11.6 Å². The lowest BCUT2D eigenvalue weighted by Crippen LogP contribution is -2.27. The summed E-state index contributed by atoms with van der Waals surface area (Å²) in [4.78, 5) is 22.2. The Morgan fingerprint density at radius 2 is 2.07 bits per heavy atom. The van der Waals surface area contributed by atoms with Crippen molar-refractivity contribution < 1.29 is 18.9 Å². The zero-order valence-corrected chi connectivity index (χ0v) is 14.8. The number of hydrogen-bond acceptors (Lipinski definition) is 6. The molecule has 0 unspecified atom stereocenters. The summed E-state index contributed by atoms with van der Waals surface area (Å²) in [5.41, 5.74) is -0.0170. The van der Waals surface area contributed by atoms with Gasteiger partial charge < -0.3 is 14.5 Å². The fourth-order valence-corrected chi connectivity index (χ4v) is 2.38. The van der Waals surface area contributed by atoms with Crippen molar-refractivity contribution in [1.29, 1.82) is 0 Å². The first-order valence-electron chi connectivity index (χ1n) is 7.93. The number of ether oxygens (including phenoxy) is 1. The van der Waals surface area contributed by atoms with E-state index in [1.54, 1.807) is 23.0 Å².